The van der Waals surface area contributed by atoms with Gasteiger partial charge in [-0.25, -0.2) is 0 Å². The van der Waals surface area contributed by atoms with Crippen molar-refractivity contribution in [1.29, 1.82) is 0 Å². The summed E-state index contributed by atoms with van der Waals surface area (Å²) in [6.45, 7) is 5.58. The van der Waals surface area contributed by atoms with Gasteiger partial charge >= 0.3 is 5.97 Å². The molecule has 6 nitrogen and oxygen atoms in total. The number of likely N-dealkylation sites (tertiary alicyclic amines) is 1. The van der Waals surface area contributed by atoms with Crippen molar-refractivity contribution in [3.05, 3.63) is 0 Å². The van der Waals surface area contributed by atoms with Crippen molar-refractivity contribution in [3.8, 4) is 0 Å². The van der Waals surface area contributed by atoms with Gasteiger partial charge in [0.15, 0.2) is 0 Å². The summed E-state index contributed by atoms with van der Waals surface area (Å²) < 4.78 is 0. The lowest BCUT2D eigenvalue weighted by molar-refractivity contribution is -0.140. The zero-order valence-electron chi connectivity index (χ0n) is 13.4. The first-order chi connectivity index (χ1) is 10.4. The van der Waals surface area contributed by atoms with Crippen molar-refractivity contribution in [2.24, 2.45) is 17.3 Å². The van der Waals surface area contributed by atoms with E-state index in [0.29, 0.717) is 25.9 Å². The minimum Gasteiger partial charge on any atom is -0.481 e. The van der Waals surface area contributed by atoms with Gasteiger partial charge in [-0.1, -0.05) is 20.3 Å². The van der Waals surface area contributed by atoms with Crippen molar-refractivity contribution < 1.29 is 19.5 Å². The van der Waals surface area contributed by atoms with Crippen LogP contribution in [-0.4, -0.2) is 47.4 Å². The molecule has 2 amide bonds. The predicted molar refractivity (Wildman–Crippen MR) is 81.1 cm³/mol. The van der Waals surface area contributed by atoms with E-state index in [1.54, 1.807) is 0 Å². The fourth-order valence-corrected chi connectivity index (χ4v) is 3.45. The quantitative estimate of drug-likeness (QED) is 0.723. The molecule has 0 bridgehead atoms. The Hall–Kier alpha value is -1.59. The molecule has 1 saturated heterocycles. The normalized spacial score (nSPS) is 27.2. The molecular weight excluding hydrogens is 284 g/mol. The Bertz CT molecular complexity index is 461. The third-order valence-electron chi connectivity index (χ3n) is 4.95. The Morgan fingerprint density at radius 1 is 1.27 bits per heavy atom. The summed E-state index contributed by atoms with van der Waals surface area (Å²) in [7, 11) is 0. The summed E-state index contributed by atoms with van der Waals surface area (Å²) in [5, 5.41) is 11.9. The summed E-state index contributed by atoms with van der Waals surface area (Å²) in [5.41, 5.74) is -0.462. The number of carbonyl (C=O) groups is 3. The Kier molecular flexibility index (Phi) is 5.08. The summed E-state index contributed by atoms with van der Waals surface area (Å²) >= 11 is 0. The summed E-state index contributed by atoms with van der Waals surface area (Å²) in [4.78, 5) is 36.8. The molecule has 0 aromatic rings. The third-order valence-corrected chi connectivity index (χ3v) is 4.95. The molecular formula is C16H26N2O4. The highest BCUT2D eigenvalue weighted by molar-refractivity contribution is 5.91. The number of carboxylic acid groups (broad SMARTS) is 1. The van der Waals surface area contributed by atoms with E-state index in [0.717, 1.165) is 25.8 Å². The number of amides is 2. The van der Waals surface area contributed by atoms with Crippen LogP contribution < -0.4 is 5.32 Å². The third kappa shape index (κ3) is 3.59. The molecule has 2 rings (SSSR count). The molecule has 124 valence electrons. The van der Waals surface area contributed by atoms with Gasteiger partial charge < -0.3 is 15.3 Å². The second kappa shape index (κ2) is 6.67. The number of carbonyl (C=O) groups excluding carboxylic acids is 2. The van der Waals surface area contributed by atoms with Crippen LogP contribution in [0, 0.1) is 17.3 Å². The maximum absolute atomic E-state index is 12.1. The number of aliphatic carboxylic acids is 1. The first kappa shape index (κ1) is 16.8. The van der Waals surface area contributed by atoms with E-state index in [2.05, 4.69) is 5.32 Å². The van der Waals surface area contributed by atoms with Crippen molar-refractivity contribution >= 4 is 17.8 Å². The molecule has 1 aliphatic heterocycles. The van der Waals surface area contributed by atoms with Crippen molar-refractivity contribution in [1.82, 2.24) is 10.2 Å². The van der Waals surface area contributed by atoms with Gasteiger partial charge in [-0.05, 0) is 24.7 Å². The number of hydrogen-bond acceptors (Lipinski definition) is 3. The molecule has 2 N–H and O–H groups in total. The molecule has 0 unspecified atom stereocenters. The van der Waals surface area contributed by atoms with Gasteiger partial charge in [-0.3, -0.25) is 14.4 Å². The van der Waals surface area contributed by atoms with E-state index in [1.165, 1.54) is 0 Å². The molecule has 2 fully saturated rings. The second-order valence-electron chi connectivity index (χ2n) is 6.95. The van der Waals surface area contributed by atoms with Gasteiger partial charge in [0.25, 0.3) is 0 Å². The fraction of sp³-hybridized carbons (Fsp3) is 0.812. The van der Waals surface area contributed by atoms with Crippen LogP contribution in [0.15, 0.2) is 0 Å². The average Bonchev–Trinajstić information content (AvgIpc) is 3.08. The molecule has 1 aliphatic carbocycles. The van der Waals surface area contributed by atoms with Crippen LogP contribution in [0.5, 0.6) is 0 Å². The van der Waals surface area contributed by atoms with Gasteiger partial charge in [0.2, 0.25) is 11.8 Å². The second-order valence-corrected chi connectivity index (χ2v) is 6.95. The molecule has 0 radical (unpaired) electrons. The largest absolute Gasteiger partial charge is 0.481 e. The lowest BCUT2D eigenvalue weighted by Crippen LogP contribution is -2.34. The minimum atomic E-state index is -0.902. The highest BCUT2D eigenvalue weighted by Gasteiger charge is 2.65. The molecule has 2 atom stereocenters. The first-order valence-corrected chi connectivity index (χ1v) is 8.14. The molecule has 22 heavy (non-hydrogen) atoms. The smallest absolute Gasteiger partial charge is 0.307 e. The van der Waals surface area contributed by atoms with E-state index in [9.17, 15) is 14.4 Å². The highest BCUT2D eigenvalue weighted by atomic mass is 16.4. The number of hydrogen-bond donors (Lipinski definition) is 2. The van der Waals surface area contributed by atoms with E-state index in [1.807, 2.05) is 18.7 Å². The van der Waals surface area contributed by atoms with Gasteiger partial charge in [0.05, 0.1) is 11.8 Å². The van der Waals surface area contributed by atoms with Gasteiger partial charge in [-0.2, -0.15) is 0 Å². The Morgan fingerprint density at radius 3 is 2.64 bits per heavy atom. The van der Waals surface area contributed by atoms with Crippen LogP contribution >= 0.6 is 0 Å². The lowest BCUT2D eigenvalue weighted by atomic mass is 10.1. The summed E-state index contributed by atoms with van der Waals surface area (Å²) in [5.74, 6) is -1.90. The Labute approximate surface area is 131 Å². The molecule has 6 heteroatoms. The predicted octanol–water partition coefficient (Wildman–Crippen LogP) is 1.25. The maximum Gasteiger partial charge on any atom is 0.307 e. The van der Waals surface area contributed by atoms with E-state index in [-0.39, 0.29) is 11.8 Å². The highest BCUT2D eigenvalue weighted by Crippen LogP contribution is 2.58. The van der Waals surface area contributed by atoms with Gasteiger partial charge in [-0.15, -0.1) is 0 Å². The summed E-state index contributed by atoms with van der Waals surface area (Å²) in [6.07, 6.45) is 4.46. The maximum atomic E-state index is 12.1. The zero-order chi connectivity index (χ0) is 16.3. The standard InChI is InChI=1S/C16H26N2O4/c1-16(2)12(13(16)15(21)22)14(20)17-8-6-10-18-9-5-3-4-7-11(18)19/h12-13H,3-10H2,1-2H3,(H,17,20)(H,21,22)/t12-,13+/m1/s1. The average molecular weight is 310 g/mol. The van der Waals surface area contributed by atoms with Crippen LogP contribution in [0.3, 0.4) is 0 Å². The van der Waals surface area contributed by atoms with Crippen LogP contribution in [0.25, 0.3) is 0 Å². The molecule has 0 aromatic heterocycles. The van der Waals surface area contributed by atoms with Gasteiger partial charge in [0.1, 0.15) is 0 Å². The zero-order valence-corrected chi connectivity index (χ0v) is 13.4. The van der Waals surface area contributed by atoms with Crippen LogP contribution in [0.1, 0.15) is 46.0 Å². The molecule has 0 aromatic carbocycles. The lowest BCUT2D eigenvalue weighted by Gasteiger charge is -2.20. The van der Waals surface area contributed by atoms with Crippen molar-refractivity contribution in [2.75, 3.05) is 19.6 Å². The number of carboxylic acids is 1. The van der Waals surface area contributed by atoms with E-state index >= 15 is 0 Å². The molecule has 1 saturated carbocycles. The number of nitrogens with one attached hydrogen (secondary N) is 1. The van der Waals surface area contributed by atoms with Crippen molar-refractivity contribution in [2.45, 2.75) is 46.0 Å². The minimum absolute atomic E-state index is 0.181. The Balaban J connectivity index is 1.70. The molecule has 0 spiro atoms. The van der Waals surface area contributed by atoms with Crippen LogP contribution in [0.4, 0.5) is 0 Å². The van der Waals surface area contributed by atoms with Crippen LogP contribution in [0.2, 0.25) is 0 Å². The fourth-order valence-electron chi connectivity index (χ4n) is 3.45. The number of rotatable bonds is 6. The Morgan fingerprint density at radius 2 is 2.00 bits per heavy atom. The topological polar surface area (TPSA) is 86.7 Å². The first-order valence-electron chi connectivity index (χ1n) is 8.14. The van der Waals surface area contributed by atoms with Crippen LogP contribution in [-0.2, 0) is 14.4 Å². The van der Waals surface area contributed by atoms with Crippen molar-refractivity contribution in [3.63, 3.8) is 0 Å². The SMILES string of the molecule is CC1(C)[C@H](C(=O)O)[C@@H]1C(=O)NCCCN1CCCCCC1=O. The number of nitrogens with zero attached hydrogens (tertiary/aromatic N) is 1. The van der Waals surface area contributed by atoms with E-state index < -0.39 is 23.2 Å². The van der Waals surface area contributed by atoms with Gasteiger partial charge in [0, 0.05) is 26.1 Å². The molecule has 1 heterocycles. The summed E-state index contributed by atoms with van der Waals surface area (Å²) in [6, 6.07) is 0. The monoisotopic (exact) mass is 310 g/mol. The molecule has 2 aliphatic rings. The van der Waals surface area contributed by atoms with E-state index in [4.69, 9.17) is 5.11 Å².